The molecule has 1 unspecified atom stereocenters. The Balaban J connectivity index is 1.40. The third kappa shape index (κ3) is 5.69. The van der Waals surface area contributed by atoms with E-state index >= 15 is 0 Å². The summed E-state index contributed by atoms with van der Waals surface area (Å²) < 4.78 is 4.69. The minimum atomic E-state index is -0.922. The van der Waals surface area contributed by atoms with Crippen LogP contribution < -0.4 is 9.64 Å². The lowest BCUT2D eigenvalue weighted by Crippen LogP contribution is -2.57. The number of ether oxygens (including phenoxy) is 1. The van der Waals surface area contributed by atoms with Crippen molar-refractivity contribution in [2.75, 3.05) is 37.7 Å². The summed E-state index contributed by atoms with van der Waals surface area (Å²) in [4.78, 5) is 49.2. The number of nitrogens with zero attached hydrogens (tertiary/aromatic N) is 3. The minimum Gasteiger partial charge on any atom is -0.494 e. The first-order valence-electron chi connectivity index (χ1n) is 16.3. The molecule has 2 aromatic carbocycles. The molecule has 1 N–H and O–H groups in total. The number of hydrogen-bond acceptors (Lipinski definition) is 6. The molecular formula is C36H43N3O5S. The molecule has 2 saturated heterocycles. The average Bonchev–Trinajstić information content (AvgIpc) is 3.38. The highest BCUT2D eigenvalue weighted by Crippen LogP contribution is 2.61. The SMILES string of the molecule is CCCCCN1CC=C[C@]23S[C@@H]4C=CCN(c5ccc(OCC)cc5)C(=O)[C@@H]4[C@H]2C(=O)N([C@@H](CO)Cc2ccccc2)C3C1=O. The second-order valence-electron chi connectivity index (χ2n) is 12.3. The predicted molar refractivity (Wildman–Crippen MR) is 177 cm³/mol. The summed E-state index contributed by atoms with van der Waals surface area (Å²) in [6, 6.07) is 15.8. The van der Waals surface area contributed by atoms with Gasteiger partial charge in [-0.2, -0.15) is 0 Å². The van der Waals surface area contributed by atoms with Gasteiger partial charge in [0.05, 0.1) is 35.8 Å². The first-order valence-corrected chi connectivity index (χ1v) is 17.1. The maximum Gasteiger partial charge on any atom is 0.247 e. The number of carbonyl (C=O) groups excluding carboxylic acids is 3. The molecule has 3 amide bonds. The first-order chi connectivity index (χ1) is 21.9. The number of aliphatic hydroxyl groups is 1. The molecule has 8 nitrogen and oxygen atoms in total. The van der Waals surface area contributed by atoms with E-state index in [4.69, 9.17) is 4.74 Å². The Morgan fingerprint density at radius 2 is 1.73 bits per heavy atom. The zero-order chi connectivity index (χ0) is 31.6. The Kier molecular flexibility index (Phi) is 9.38. The summed E-state index contributed by atoms with van der Waals surface area (Å²) in [6.45, 7) is 5.81. The van der Waals surface area contributed by atoms with E-state index in [1.807, 2.05) is 78.6 Å². The van der Waals surface area contributed by atoms with E-state index < -0.39 is 28.7 Å². The Bertz CT molecular complexity index is 1450. The van der Waals surface area contributed by atoms with Crippen molar-refractivity contribution >= 4 is 35.2 Å². The average molecular weight is 630 g/mol. The molecule has 4 heterocycles. The lowest BCUT2D eigenvalue weighted by Gasteiger charge is -2.38. The third-order valence-corrected chi connectivity index (χ3v) is 11.3. The van der Waals surface area contributed by atoms with Gasteiger partial charge in [-0.3, -0.25) is 14.4 Å². The highest BCUT2D eigenvalue weighted by Gasteiger charge is 2.71. The van der Waals surface area contributed by atoms with E-state index in [1.54, 1.807) is 21.6 Å². The van der Waals surface area contributed by atoms with Gasteiger partial charge in [0, 0.05) is 30.6 Å². The van der Waals surface area contributed by atoms with Gasteiger partial charge in [0.25, 0.3) is 0 Å². The summed E-state index contributed by atoms with van der Waals surface area (Å²) in [5.74, 6) is -1.10. The van der Waals surface area contributed by atoms with Crippen molar-refractivity contribution in [3.05, 3.63) is 84.5 Å². The van der Waals surface area contributed by atoms with E-state index in [2.05, 4.69) is 19.1 Å². The molecule has 6 rings (SSSR count). The molecule has 0 radical (unpaired) electrons. The van der Waals surface area contributed by atoms with E-state index in [-0.39, 0.29) is 29.6 Å². The van der Waals surface area contributed by atoms with E-state index in [1.165, 1.54) is 0 Å². The van der Waals surface area contributed by atoms with Crippen LogP contribution in [0.5, 0.6) is 5.75 Å². The number of amides is 3. The molecule has 4 aliphatic heterocycles. The van der Waals surface area contributed by atoms with Crippen molar-refractivity contribution in [2.45, 2.75) is 61.6 Å². The number of rotatable bonds is 11. The Hall–Kier alpha value is -3.56. The van der Waals surface area contributed by atoms with Gasteiger partial charge >= 0.3 is 0 Å². The molecule has 9 heteroatoms. The molecule has 6 atom stereocenters. The standard InChI is InChI=1S/C36H43N3O5S/c1-3-5-9-20-37-21-11-19-36-31(34(42)39(32(36)35(37)43)27(24-40)23-25-12-7-6-8-13-25)30-29(45-36)14-10-22-38(33(30)41)26-15-17-28(18-16-26)44-4-2/h6-8,10-19,27,29-32,40H,3-5,9,20-24H2,1-2H3/t27-,29-,30+,31+,32?,36+/m1/s1. The molecule has 2 aromatic rings. The van der Waals surface area contributed by atoms with Gasteiger partial charge in [0.1, 0.15) is 11.8 Å². The number of unbranched alkanes of at least 4 members (excludes halogenated alkanes) is 2. The fourth-order valence-electron chi connectivity index (χ4n) is 7.53. The fraction of sp³-hybridized carbons (Fsp3) is 0.472. The number of hydrogen-bond donors (Lipinski definition) is 1. The number of benzene rings is 2. The molecule has 4 aliphatic rings. The summed E-state index contributed by atoms with van der Waals surface area (Å²) in [5.41, 5.74) is 1.72. The van der Waals surface area contributed by atoms with Gasteiger partial charge in [-0.1, -0.05) is 74.4 Å². The second kappa shape index (κ2) is 13.4. The van der Waals surface area contributed by atoms with Crippen LogP contribution in [0.1, 0.15) is 38.7 Å². The second-order valence-corrected chi connectivity index (χ2v) is 13.8. The molecule has 0 bridgehead atoms. The molecule has 2 fully saturated rings. The van der Waals surface area contributed by atoms with Crippen molar-refractivity contribution in [3.8, 4) is 5.75 Å². The van der Waals surface area contributed by atoms with Crippen LogP contribution in [-0.4, -0.2) is 87.6 Å². The van der Waals surface area contributed by atoms with Crippen LogP contribution in [0.4, 0.5) is 5.69 Å². The highest BCUT2D eigenvalue weighted by molar-refractivity contribution is 8.02. The van der Waals surface area contributed by atoms with Crippen LogP contribution in [-0.2, 0) is 20.8 Å². The molecule has 0 aromatic heterocycles. The topological polar surface area (TPSA) is 90.4 Å². The van der Waals surface area contributed by atoms with Crippen molar-refractivity contribution in [3.63, 3.8) is 0 Å². The fourth-order valence-corrected chi connectivity index (χ4v) is 9.52. The number of thioether (sulfide) groups is 1. The van der Waals surface area contributed by atoms with Gasteiger partial charge in [-0.25, -0.2) is 0 Å². The minimum absolute atomic E-state index is 0.0952. The summed E-state index contributed by atoms with van der Waals surface area (Å²) in [5, 5.41) is 10.5. The molecule has 0 saturated carbocycles. The van der Waals surface area contributed by atoms with Crippen LogP contribution in [0.3, 0.4) is 0 Å². The lowest BCUT2D eigenvalue weighted by molar-refractivity contribution is -0.145. The maximum absolute atomic E-state index is 14.8. The lowest BCUT2D eigenvalue weighted by atomic mass is 9.78. The smallest absolute Gasteiger partial charge is 0.247 e. The monoisotopic (exact) mass is 629 g/mol. The molecule has 238 valence electrons. The molecule has 45 heavy (non-hydrogen) atoms. The quantitative estimate of drug-likeness (QED) is 0.291. The molecular weight excluding hydrogens is 586 g/mol. The Morgan fingerprint density at radius 1 is 0.956 bits per heavy atom. The van der Waals surface area contributed by atoms with E-state index in [9.17, 15) is 19.5 Å². The van der Waals surface area contributed by atoms with Crippen molar-refractivity contribution < 1.29 is 24.2 Å². The van der Waals surface area contributed by atoms with Crippen molar-refractivity contribution in [2.24, 2.45) is 11.8 Å². The number of likely N-dealkylation sites (tertiary alicyclic amines) is 1. The third-order valence-electron chi connectivity index (χ3n) is 9.59. The summed E-state index contributed by atoms with van der Waals surface area (Å²) >= 11 is 1.58. The van der Waals surface area contributed by atoms with Crippen molar-refractivity contribution in [1.82, 2.24) is 9.80 Å². The number of fused-ring (bicyclic) bond motifs is 2. The normalized spacial score (nSPS) is 28.1. The first kappa shape index (κ1) is 31.4. The highest BCUT2D eigenvalue weighted by atomic mass is 32.2. The largest absolute Gasteiger partial charge is 0.494 e. The Morgan fingerprint density at radius 3 is 2.44 bits per heavy atom. The van der Waals surface area contributed by atoms with Crippen LogP contribution in [0.25, 0.3) is 0 Å². The van der Waals surface area contributed by atoms with E-state index in [0.717, 1.165) is 36.3 Å². The maximum atomic E-state index is 14.8. The van der Waals surface area contributed by atoms with Crippen LogP contribution in [0, 0.1) is 11.8 Å². The zero-order valence-electron chi connectivity index (χ0n) is 26.1. The van der Waals surface area contributed by atoms with Crippen LogP contribution in [0.2, 0.25) is 0 Å². The van der Waals surface area contributed by atoms with Crippen LogP contribution >= 0.6 is 11.8 Å². The summed E-state index contributed by atoms with van der Waals surface area (Å²) in [7, 11) is 0. The van der Waals surface area contributed by atoms with Gasteiger partial charge in [-0.15, -0.1) is 11.8 Å². The molecule has 0 aliphatic carbocycles. The Labute approximate surface area is 270 Å². The van der Waals surface area contributed by atoms with Crippen molar-refractivity contribution in [1.29, 1.82) is 0 Å². The van der Waals surface area contributed by atoms with Crippen LogP contribution in [0.15, 0.2) is 78.9 Å². The van der Waals surface area contributed by atoms with Gasteiger partial charge in [0.15, 0.2) is 0 Å². The van der Waals surface area contributed by atoms with Gasteiger partial charge in [-0.05, 0) is 49.6 Å². The van der Waals surface area contributed by atoms with Gasteiger partial charge < -0.3 is 24.5 Å². The number of anilines is 1. The predicted octanol–water partition coefficient (Wildman–Crippen LogP) is 4.48. The van der Waals surface area contributed by atoms with Gasteiger partial charge in [0.2, 0.25) is 17.7 Å². The summed E-state index contributed by atoms with van der Waals surface area (Å²) in [6.07, 6.45) is 11.5. The molecule has 1 spiro atoms. The zero-order valence-corrected chi connectivity index (χ0v) is 26.9. The number of aliphatic hydroxyl groups excluding tert-OH is 1. The van der Waals surface area contributed by atoms with E-state index in [0.29, 0.717) is 32.7 Å². The number of carbonyl (C=O) groups is 3.